The van der Waals surface area contributed by atoms with E-state index in [1.807, 2.05) is 5.32 Å². The fraction of sp³-hybridized carbons (Fsp3) is 0.308. The number of fused-ring (bicyclic) bond motifs is 2. The molecule has 10 heteroatoms. The molecule has 0 aliphatic carbocycles. The van der Waals surface area contributed by atoms with E-state index in [9.17, 15) is 23.2 Å². The van der Waals surface area contributed by atoms with Crippen LogP contribution in [0.25, 0.3) is 0 Å². The summed E-state index contributed by atoms with van der Waals surface area (Å²) >= 11 is 0. The molecule has 3 rings (SSSR count). The number of rotatable bonds is 1. The normalized spacial score (nSPS) is 22.7. The van der Waals surface area contributed by atoms with Crippen molar-refractivity contribution in [1.82, 2.24) is 15.5 Å². The highest BCUT2D eigenvalue weighted by Crippen LogP contribution is 2.42. The van der Waals surface area contributed by atoms with Crippen LogP contribution in [0.3, 0.4) is 0 Å². The van der Waals surface area contributed by atoms with Crippen molar-refractivity contribution in [1.29, 1.82) is 0 Å². The molecule has 1 fully saturated rings. The second-order valence-corrected chi connectivity index (χ2v) is 5.45. The van der Waals surface area contributed by atoms with Gasteiger partial charge in [0.05, 0.1) is 5.69 Å². The van der Waals surface area contributed by atoms with Gasteiger partial charge < -0.3 is 15.5 Å². The molecule has 8 nitrogen and oxygen atoms in total. The maximum Gasteiger partial charge on any atom is 0.324 e. The number of hydrogen-bond donors (Lipinski definition) is 3. The molecule has 0 unspecified atom stereocenters. The fourth-order valence-electron chi connectivity index (χ4n) is 2.82. The first-order valence-electron chi connectivity index (χ1n) is 6.58. The number of benzene rings is 1. The quantitative estimate of drug-likeness (QED) is 0.656. The molecule has 0 saturated carbocycles. The van der Waals surface area contributed by atoms with E-state index in [-0.39, 0.29) is 16.9 Å². The van der Waals surface area contributed by atoms with Gasteiger partial charge in [-0.25, -0.2) is 18.4 Å². The molecular formula is C13H13F2N5O3. The lowest BCUT2D eigenvalue weighted by atomic mass is 9.92. The second kappa shape index (κ2) is 4.54. The number of nitrogens with zero attached hydrogens (tertiary/aromatic N) is 2. The summed E-state index contributed by atoms with van der Waals surface area (Å²) in [6.07, 6.45) is 0. The highest BCUT2D eigenvalue weighted by Gasteiger charge is 2.57. The van der Waals surface area contributed by atoms with E-state index in [4.69, 9.17) is 0 Å². The van der Waals surface area contributed by atoms with Crippen LogP contribution in [-0.4, -0.2) is 44.0 Å². The van der Waals surface area contributed by atoms with E-state index in [1.165, 1.54) is 26.0 Å². The number of carbonyl (C=O) groups is 3. The Labute approximate surface area is 129 Å². The lowest BCUT2D eigenvalue weighted by Gasteiger charge is -2.41. The Morgan fingerprint density at radius 2 is 1.83 bits per heavy atom. The van der Waals surface area contributed by atoms with Crippen molar-refractivity contribution in [2.75, 3.05) is 31.4 Å². The Hall–Kier alpha value is -2.91. The van der Waals surface area contributed by atoms with Gasteiger partial charge in [0.25, 0.3) is 5.91 Å². The maximum atomic E-state index is 14.7. The minimum Gasteiger partial charge on any atom is -0.373 e. The molecule has 23 heavy (non-hydrogen) atoms. The lowest BCUT2D eigenvalue weighted by molar-refractivity contribution is -0.129. The highest BCUT2D eigenvalue weighted by molar-refractivity contribution is 6.12. The zero-order valence-corrected chi connectivity index (χ0v) is 12.5. The smallest absolute Gasteiger partial charge is 0.324 e. The zero-order valence-electron chi connectivity index (χ0n) is 12.5. The first-order valence-corrected chi connectivity index (χ1v) is 6.58. The van der Waals surface area contributed by atoms with Gasteiger partial charge in [0.15, 0.2) is 5.82 Å². The molecule has 1 spiro atoms. The first kappa shape index (κ1) is 15.0. The van der Waals surface area contributed by atoms with Gasteiger partial charge in [-0.15, -0.1) is 0 Å². The van der Waals surface area contributed by atoms with Crippen LogP contribution in [0.5, 0.6) is 0 Å². The fourth-order valence-corrected chi connectivity index (χ4v) is 2.82. The number of likely N-dealkylation sites (N-methyl/N-ethyl adjacent to an activating group) is 1. The Kier molecular flexibility index (Phi) is 2.96. The largest absolute Gasteiger partial charge is 0.373 e. The summed E-state index contributed by atoms with van der Waals surface area (Å²) in [5.74, 6) is -2.85. The number of anilines is 2. The summed E-state index contributed by atoms with van der Waals surface area (Å²) in [5, 5.41) is 6.53. The number of imide groups is 1. The number of carbonyl (C=O) groups excluding carboxylic acids is 3. The van der Waals surface area contributed by atoms with E-state index in [2.05, 4.69) is 10.6 Å². The number of amides is 5. The molecular weight excluding hydrogens is 312 g/mol. The molecule has 1 aromatic carbocycles. The molecule has 2 heterocycles. The average Bonchev–Trinajstić information content (AvgIpc) is 2.74. The van der Waals surface area contributed by atoms with E-state index in [0.717, 1.165) is 11.0 Å². The van der Waals surface area contributed by atoms with Gasteiger partial charge in [-0.2, -0.15) is 0 Å². The van der Waals surface area contributed by atoms with E-state index < -0.39 is 35.3 Å². The first-order chi connectivity index (χ1) is 10.7. The molecule has 1 atom stereocenters. The number of urea groups is 2. The van der Waals surface area contributed by atoms with E-state index in [1.54, 1.807) is 0 Å². The Morgan fingerprint density at radius 3 is 2.35 bits per heavy atom. The monoisotopic (exact) mass is 325 g/mol. The molecule has 0 radical (unpaired) electrons. The number of nitrogens with one attached hydrogen (secondary N) is 3. The Balaban J connectivity index is 2.34. The van der Waals surface area contributed by atoms with Gasteiger partial charge in [0, 0.05) is 26.7 Å². The third-order valence-electron chi connectivity index (χ3n) is 3.92. The summed E-state index contributed by atoms with van der Waals surface area (Å²) in [5.41, 5.74) is -2.91. The maximum absolute atomic E-state index is 14.7. The highest BCUT2D eigenvalue weighted by atomic mass is 19.1. The van der Waals surface area contributed by atoms with Crippen LogP contribution < -0.4 is 20.9 Å². The van der Waals surface area contributed by atoms with Gasteiger partial charge in [-0.1, -0.05) is 0 Å². The molecule has 2 aliphatic heterocycles. The van der Waals surface area contributed by atoms with Gasteiger partial charge >= 0.3 is 12.1 Å². The van der Waals surface area contributed by atoms with Crippen molar-refractivity contribution in [2.24, 2.45) is 0 Å². The summed E-state index contributed by atoms with van der Waals surface area (Å²) in [6, 6.07) is -0.750. The number of hydrogen-bond acceptors (Lipinski definition) is 4. The molecule has 3 N–H and O–H groups in total. The van der Waals surface area contributed by atoms with Crippen LogP contribution >= 0.6 is 0 Å². The van der Waals surface area contributed by atoms with Gasteiger partial charge in [0.1, 0.15) is 11.5 Å². The topological polar surface area (TPSA) is 93.8 Å². The summed E-state index contributed by atoms with van der Waals surface area (Å²) in [7, 11) is 4.11. The van der Waals surface area contributed by atoms with E-state index in [0.29, 0.717) is 0 Å². The van der Waals surface area contributed by atoms with Crippen molar-refractivity contribution in [3.63, 3.8) is 0 Å². The van der Waals surface area contributed by atoms with Crippen LogP contribution in [0.15, 0.2) is 6.07 Å². The molecule has 2 aliphatic rings. The minimum atomic E-state index is -2.00. The molecule has 0 aromatic heterocycles. The van der Waals surface area contributed by atoms with Crippen LogP contribution in [-0.2, 0) is 10.5 Å². The summed E-state index contributed by atoms with van der Waals surface area (Å²) in [4.78, 5) is 38.0. The minimum absolute atomic E-state index is 0.191. The van der Waals surface area contributed by atoms with E-state index >= 15 is 0 Å². The SMILES string of the molecule is CN(C)c1c(F)cc2c(c1F)NC(=O)N(C)[C@]21NC(=O)NC1=O. The molecule has 0 bridgehead atoms. The molecule has 5 amide bonds. The predicted octanol–water partition coefficient (Wildman–Crippen LogP) is 0.500. The van der Waals surface area contributed by atoms with Crippen molar-refractivity contribution in [3.8, 4) is 0 Å². The van der Waals surface area contributed by atoms with Crippen molar-refractivity contribution >= 4 is 29.3 Å². The predicted molar refractivity (Wildman–Crippen MR) is 75.8 cm³/mol. The molecule has 1 saturated heterocycles. The van der Waals surface area contributed by atoms with Gasteiger partial charge in [0.2, 0.25) is 5.66 Å². The Morgan fingerprint density at radius 1 is 1.17 bits per heavy atom. The molecule has 1 aromatic rings. The van der Waals surface area contributed by atoms with Crippen molar-refractivity contribution < 1.29 is 23.2 Å². The number of halogens is 2. The zero-order chi connectivity index (χ0) is 17.1. The van der Waals surface area contributed by atoms with Crippen LogP contribution in [0.2, 0.25) is 0 Å². The summed E-state index contributed by atoms with van der Waals surface area (Å²) in [6.45, 7) is 0. The standard InChI is InChI=1S/C13H13F2N5O3/c1-19(2)9-6(14)4-5-8(7(9)15)16-12(23)20(3)13(5)10(21)17-11(22)18-13/h4H,1-3H3,(H,16,23)(H2,17,18,21,22)/t13-/m1/s1. The van der Waals surface area contributed by atoms with Crippen LogP contribution in [0.1, 0.15) is 5.56 Å². The third-order valence-corrected chi connectivity index (χ3v) is 3.92. The Bertz CT molecular complexity index is 766. The third kappa shape index (κ3) is 1.77. The molecule has 122 valence electrons. The average molecular weight is 325 g/mol. The lowest BCUT2D eigenvalue weighted by Crippen LogP contribution is -2.62. The second-order valence-electron chi connectivity index (χ2n) is 5.45. The summed E-state index contributed by atoms with van der Waals surface area (Å²) < 4.78 is 29.0. The van der Waals surface area contributed by atoms with Crippen LogP contribution in [0.4, 0.5) is 29.7 Å². The van der Waals surface area contributed by atoms with Crippen molar-refractivity contribution in [2.45, 2.75) is 5.66 Å². The van der Waals surface area contributed by atoms with Crippen molar-refractivity contribution in [3.05, 3.63) is 23.3 Å². The van der Waals surface area contributed by atoms with Crippen LogP contribution in [0, 0.1) is 11.6 Å². The van der Waals surface area contributed by atoms with Gasteiger partial charge in [-0.05, 0) is 6.07 Å². The van der Waals surface area contributed by atoms with Gasteiger partial charge in [-0.3, -0.25) is 15.0 Å².